The van der Waals surface area contributed by atoms with Crippen LogP contribution in [-0.4, -0.2) is 68.5 Å². The summed E-state index contributed by atoms with van der Waals surface area (Å²) in [5.74, 6) is 1.21. The van der Waals surface area contributed by atoms with E-state index >= 15 is 0 Å². The Kier molecular flexibility index (Phi) is 7.62. The van der Waals surface area contributed by atoms with Gasteiger partial charge in [-0.05, 0) is 41.0 Å². The van der Waals surface area contributed by atoms with Gasteiger partial charge in [0.1, 0.15) is 0 Å². The van der Waals surface area contributed by atoms with E-state index in [9.17, 15) is 8.42 Å². The van der Waals surface area contributed by atoms with Gasteiger partial charge in [0.2, 0.25) is 0 Å². The van der Waals surface area contributed by atoms with Crippen molar-refractivity contribution >= 4 is 15.8 Å². The van der Waals surface area contributed by atoms with Gasteiger partial charge in [0.15, 0.2) is 15.8 Å². The molecule has 0 aromatic heterocycles. The number of guanidine groups is 1. The van der Waals surface area contributed by atoms with Crippen molar-refractivity contribution in [3.05, 3.63) is 0 Å². The maximum Gasteiger partial charge on any atom is 0.191 e. The summed E-state index contributed by atoms with van der Waals surface area (Å²) in [6.45, 7) is 13.1. The molecule has 1 heterocycles. The fraction of sp³-hybridized carbons (Fsp3) is 0.933. The minimum atomic E-state index is -2.87. The highest BCUT2D eigenvalue weighted by Crippen LogP contribution is 2.11. The largest absolute Gasteiger partial charge is 0.357 e. The standard InChI is InChI=1S/C15H32N4O2S/c1-6-16-15(18-14-7-10-22(20,21)11-14)17-8-9-19(12(2)3)13(4)5/h12-14H,6-11H2,1-5H3,(H2,16,17,18). The molecule has 0 radical (unpaired) electrons. The van der Waals surface area contributed by atoms with Gasteiger partial charge in [-0.15, -0.1) is 0 Å². The molecule has 1 atom stereocenters. The predicted octanol–water partition coefficient (Wildman–Crippen LogP) is 0.847. The summed E-state index contributed by atoms with van der Waals surface area (Å²) in [6, 6.07) is 0.963. The number of sulfone groups is 1. The van der Waals surface area contributed by atoms with Gasteiger partial charge in [-0.2, -0.15) is 0 Å². The first-order chi connectivity index (χ1) is 10.2. The third-order valence-corrected chi connectivity index (χ3v) is 5.64. The average molecular weight is 333 g/mol. The maximum atomic E-state index is 11.5. The molecule has 22 heavy (non-hydrogen) atoms. The zero-order valence-electron chi connectivity index (χ0n) is 14.6. The van der Waals surface area contributed by atoms with Crippen LogP contribution in [0.15, 0.2) is 4.99 Å². The molecule has 0 aliphatic carbocycles. The smallest absolute Gasteiger partial charge is 0.191 e. The van der Waals surface area contributed by atoms with Gasteiger partial charge in [0.05, 0.1) is 18.1 Å². The number of hydrogen-bond acceptors (Lipinski definition) is 4. The molecular weight excluding hydrogens is 300 g/mol. The fourth-order valence-corrected chi connectivity index (χ4v) is 4.49. The number of rotatable bonds is 7. The first-order valence-corrected chi connectivity index (χ1v) is 10.1. The van der Waals surface area contributed by atoms with Gasteiger partial charge in [-0.1, -0.05) is 0 Å². The summed E-state index contributed by atoms with van der Waals surface area (Å²) in [5, 5.41) is 6.44. The molecule has 1 aliphatic heterocycles. The molecule has 1 rings (SSSR count). The lowest BCUT2D eigenvalue weighted by Gasteiger charge is -2.29. The Morgan fingerprint density at radius 1 is 1.27 bits per heavy atom. The second-order valence-electron chi connectivity index (χ2n) is 6.43. The van der Waals surface area contributed by atoms with Gasteiger partial charge in [-0.25, -0.2) is 8.42 Å². The van der Waals surface area contributed by atoms with E-state index in [-0.39, 0.29) is 17.5 Å². The fourth-order valence-electron chi connectivity index (χ4n) is 2.81. The normalized spacial score (nSPS) is 21.8. The molecule has 0 bridgehead atoms. The molecule has 1 fully saturated rings. The van der Waals surface area contributed by atoms with E-state index in [1.54, 1.807) is 0 Å². The quantitative estimate of drug-likeness (QED) is 0.534. The second kappa shape index (κ2) is 8.72. The van der Waals surface area contributed by atoms with Crippen molar-refractivity contribution in [3.8, 4) is 0 Å². The van der Waals surface area contributed by atoms with E-state index in [1.165, 1.54) is 0 Å². The summed E-state index contributed by atoms with van der Waals surface area (Å²) in [6.07, 6.45) is 0.664. The van der Waals surface area contributed by atoms with E-state index in [0.29, 0.717) is 25.0 Å². The van der Waals surface area contributed by atoms with Crippen molar-refractivity contribution in [2.24, 2.45) is 4.99 Å². The van der Waals surface area contributed by atoms with Crippen LogP contribution in [0.2, 0.25) is 0 Å². The minimum absolute atomic E-state index is 0.0194. The highest BCUT2D eigenvalue weighted by atomic mass is 32.2. The van der Waals surface area contributed by atoms with Crippen LogP contribution in [-0.2, 0) is 9.84 Å². The predicted molar refractivity (Wildman–Crippen MR) is 93.2 cm³/mol. The van der Waals surface area contributed by atoms with Crippen LogP contribution in [0.5, 0.6) is 0 Å². The number of hydrogen-bond donors (Lipinski definition) is 2. The van der Waals surface area contributed by atoms with E-state index < -0.39 is 9.84 Å². The van der Waals surface area contributed by atoms with Crippen LogP contribution in [0.1, 0.15) is 41.0 Å². The van der Waals surface area contributed by atoms with Crippen molar-refractivity contribution in [3.63, 3.8) is 0 Å². The molecule has 0 aromatic carbocycles. The summed E-state index contributed by atoms with van der Waals surface area (Å²) in [4.78, 5) is 6.98. The molecular formula is C15H32N4O2S. The average Bonchev–Trinajstić information content (AvgIpc) is 2.73. The number of nitrogens with one attached hydrogen (secondary N) is 2. The molecule has 0 aromatic rings. The molecule has 0 spiro atoms. The van der Waals surface area contributed by atoms with Crippen LogP contribution < -0.4 is 10.6 Å². The zero-order valence-corrected chi connectivity index (χ0v) is 15.4. The van der Waals surface area contributed by atoms with Crippen molar-refractivity contribution in [1.29, 1.82) is 0 Å². The summed E-state index contributed by atoms with van der Waals surface area (Å²) >= 11 is 0. The lowest BCUT2D eigenvalue weighted by molar-refractivity contribution is 0.181. The highest BCUT2D eigenvalue weighted by molar-refractivity contribution is 7.91. The Labute approximate surface area is 135 Å². The van der Waals surface area contributed by atoms with E-state index in [0.717, 1.165) is 19.0 Å². The van der Waals surface area contributed by atoms with E-state index in [1.807, 2.05) is 6.92 Å². The second-order valence-corrected chi connectivity index (χ2v) is 8.66. The Hall–Kier alpha value is -0.820. The Morgan fingerprint density at radius 2 is 1.91 bits per heavy atom. The third kappa shape index (κ3) is 6.52. The molecule has 1 aliphatic rings. The molecule has 7 heteroatoms. The molecule has 0 amide bonds. The van der Waals surface area contributed by atoms with Crippen LogP contribution in [0.25, 0.3) is 0 Å². The SMILES string of the molecule is CCNC(=NCCN(C(C)C)C(C)C)NC1CCS(=O)(=O)C1. The van der Waals surface area contributed by atoms with Crippen molar-refractivity contribution in [2.75, 3.05) is 31.1 Å². The van der Waals surface area contributed by atoms with Crippen molar-refractivity contribution < 1.29 is 8.42 Å². The van der Waals surface area contributed by atoms with Crippen LogP contribution in [0.4, 0.5) is 0 Å². The molecule has 1 saturated heterocycles. The van der Waals surface area contributed by atoms with Gasteiger partial charge in [0.25, 0.3) is 0 Å². The zero-order chi connectivity index (χ0) is 16.8. The van der Waals surface area contributed by atoms with Crippen molar-refractivity contribution in [2.45, 2.75) is 59.2 Å². The highest BCUT2D eigenvalue weighted by Gasteiger charge is 2.28. The first-order valence-electron chi connectivity index (χ1n) is 8.26. The molecule has 1 unspecified atom stereocenters. The van der Waals surface area contributed by atoms with Crippen LogP contribution in [0, 0.1) is 0 Å². The Morgan fingerprint density at radius 3 is 2.36 bits per heavy atom. The lowest BCUT2D eigenvalue weighted by atomic mass is 10.2. The van der Waals surface area contributed by atoms with E-state index in [2.05, 4.69) is 48.2 Å². The van der Waals surface area contributed by atoms with Gasteiger partial charge in [0, 0.05) is 31.2 Å². The Bertz CT molecular complexity index is 452. The number of nitrogens with zero attached hydrogens (tertiary/aromatic N) is 2. The Balaban J connectivity index is 2.55. The molecule has 130 valence electrons. The van der Waals surface area contributed by atoms with Crippen LogP contribution >= 0.6 is 0 Å². The topological polar surface area (TPSA) is 73.8 Å². The monoisotopic (exact) mass is 332 g/mol. The van der Waals surface area contributed by atoms with Gasteiger partial charge >= 0.3 is 0 Å². The van der Waals surface area contributed by atoms with Crippen molar-refractivity contribution in [1.82, 2.24) is 15.5 Å². The first kappa shape index (κ1) is 19.2. The minimum Gasteiger partial charge on any atom is -0.357 e. The van der Waals surface area contributed by atoms with E-state index in [4.69, 9.17) is 0 Å². The van der Waals surface area contributed by atoms with Gasteiger partial charge < -0.3 is 10.6 Å². The summed E-state index contributed by atoms with van der Waals surface area (Å²) < 4.78 is 23.1. The third-order valence-electron chi connectivity index (χ3n) is 3.87. The number of aliphatic imine (C=N–C) groups is 1. The van der Waals surface area contributed by atoms with Crippen LogP contribution in [0.3, 0.4) is 0 Å². The molecule has 2 N–H and O–H groups in total. The lowest BCUT2D eigenvalue weighted by Crippen LogP contribution is -2.45. The van der Waals surface area contributed by atoms with Gasteiger partial charge in [-0.3, -0.25) is 9.89 Å². The molecule has 0 saturated carbocycles. The summed E-state index contributed by atoms with van der Waals surface area (Å²) in [5.41, 5.74) is 0. The summed E-state index contributed by atoms with van der Waals surface area (Å²) in [7, 11) is -2.87. The molecule has 6 nitrogen and oxygen atoms in total. The maximum absolute atomic E-state index is 11.5.